The second kappa shape index (κ2) is 11.0. The molecule has 0 N–H and O–H groups in total. The lowest BCUT2D eigenvalue weighted by Crippen LogP contribution is -2.63. The Bertz CT molecular complexity index is 1330. The molecule has 0 amide bonds. The molecule has 0 fully saturated rings. The Morgan fingerprint density at radius 1 is 0.600 bits per heavy atom. The third-order valence-corrected chi connectivity index (χ3v) is 5.12. The van der Waals surface area contributed by atoms with Gasteiger partial charge < -0.3 is 14.0 Å². The van der Waals surface area contributed by atoms with Crippen LogP contribution in [0.25, 0.3) is 0 Å². The number of halogens is 15. The predicted octanol–water partition coefficient (Wildman–Crippen LogP) is 7.16. The zero-order valence-electron chi connectivity index (χ0n) is 18.5. The molecule has 2 aromatic carbocycles. The van der Waals surface area contributed by atoms with Crippen molar-refractivity contribution in [3.63, 3.8) is 0 Å². The zero-order valence-corrected chi connectivity index (χ0v) is 18.5. The highest BCUT2D eigenvalue weighted by Gasteiger charge is 2.67. The third-order valence-electron chi connectivity index (χ3n) is 5.12. The molecule has 2 unspecified atom stereocenters. The van der Waals surface area contributed by atoms with Crippen LogP contribution >= 0.6 is 0 Å². The minimum Gasteiger partial charge on any atom is -0.519 e. The fraction of sp³-hybridized carbons (Fsp3) is 0.143. The minimum absolute atomic E-state index is 0.514. The standard InChI is InChI=1S/C21H6BF15O3/c1-2-3-38-21(19(36)15(34)10(29)16(35)20(21)37)22(39-17-11(30)6(25)4(23)7(26)12(17)31)40-18-13(32)8(27)5(24)9(28)14(18)33/h2,19H,1,3H2. The number of alkyl halides is 1. The van der Waals surface area contributed by atoms with Gasteiger partial charge in [0.1, 0.15) is 0 Å². The van der Waals surface area contributed by atoms with Gasteiger partial charge in [-0.2, -0.15) is 17.6 Å². The summed E-state index contributed by atoms with van der Waals surface area (Å²) in [5, 5.41) is 0. The fourth-order valence-electron chi connectivity index (χ4n) is 3.20. The maximum atomic E-state index is 15.2. The minimum atomic E-state index is -4.53. The summed E-state index contributed by atoms with van der Waals surface area (Å²) in [6.07, 6.45) is -3.64. The quantitative estimate of drug-likeness (QED) is 0.106. The molecule has 0 radical (unpaired) electrons. The van der Waals surface area contributed by atoms with Crippen LogP contribution in [0.15, 0.2) is 36.0 Å². The van der Waals surface area contributed by atoms with Gasteiger partial charge in [-0.05, 0) is 0 Å². The molecule has 40 heavy (non-hydrogen) atoms. The van der Waals surface area contributed by atoms with Gasteiger partial charge in [0.25, 0.3) is 0 Å². The van der Waals surface area contributed by atoms with E-state index >= 15 is 8.78 Å². The van der Waals surface area contributed by atoms with E-state index in [1.807, 2.05) is 0 Å². The Balaban J connectivity index is 2.41. The Hall–Kier alpha value is -3.77. The molecule has 1 aliphatic carbocycles. The molecular formula is C21H6BF15O3. The second-order valence-corrected chi connectivity index (χ2v) is 7.41. The Morgan fingerprint density at radius 2 is 0.950 bits per heavy atom. The zero-order chi connectivity index (χ0) is 30.4. The fourth-order valence-corrected chi connectivity index (χ4v) is 3.20. The summed E-state index contributed by atoms with van der Waals surface area (Å²) < 4.78 is 224. The Labute approximate surface area is 211 Å². The van der Waals surface area contributed by atoms with Crippen LogP contribution in [0.4, 0.5) is 65.9 Å². The van der Waals surface area contributed by atoms with E-state index < -0.39 is 118 Å². The first-order valence-corrected chi connectivity index (χ1v) is 9.92. The lowest BCUT2D eigenvalue weighted by Gasteiger charge is -2.38. The van der Waals surface area contributed by atoms with Crippen molar-refractivity contribution in [3.05, 3.63) is 94.1 Å². The van der Waals surface area contributed by atoms with Crippen LogP contribution in [-0.2, 0) is 4.74 Å². The topological polar surface area (TPSA) is 27.7 Å². The Morgan fingerprint density at radius 3 is 1.30 bits per heavy atom. The summed E-state index contributed by atoms with van der Waals surface area (Å²) >= 11 is 0. The first-order chi connectivity index (χ1) is 18.6. The number of benzene rings is 2. The van der Waals surface area contributed by atoms with E-state index in [0.717, 1.165) is 0 Å². The summed E-state index contributed by atoms with van der Waals surface area (Å²) in [6.45, 7) is 1.63. The molecule has 1 aliphatic rings. The molecule has 19 heteroatoms. The van der Waals surface area contributed by atoms with Crippen LogP contribution in [0.5, 0.6) is 11.5 Å². The lowest BCUT2D eigenvalue weighted by atomic mass is 9.61. The molecule has 3 rings (SSSR count). The highest BCUT2D eigenvalue weighted by atomic mass is 19.2. The molecular weight excluding hydrogens is 596 g/mol. The van der Waals surface area contributed by atoms with E-state index in [9.17, 15) is 57.1 Å². The maximum Gasteiger partial charge on any atom is 0.640 e. The van der Waals surface area contributed by atoms with Gasteiger partial charge >= 0.3 is 7.12 Å². The van der Waals surface area contributed by atoms with Gasteiger partial charge in [-0.1, -0.05) is 6.08 Å². The monoisotopic (exact) mass is 602 g/mol. The average molecular weight is 602 g/mol. The van der Waals surface area contributed by atoms with Crippen LogP contribution in [0.2, 0.25) is 0 Å². The smallest absolute Gasteiger partial charge is 0.519 e. The van der Waals surface area contributed by atoms with Gasteiger partial charge in [0.15, 0.2) is 41.0 Å². The van der Waals surface area contributed by atoms with Crippen LogP contribution in [0.1, 0.15) is 0 Å². The normalized spacial score (nSPS) is 19.3. The van der Waals surface area contributed by atoms with Crippen molar-refractivity contribution in [1.29, 1.82) is 0 Å². The average Bonchev–Trinajstić information content (AvgIpc) is 2.94. The van der Waals surface area contributed by atoms with E-state index in [2.05, 4.69) is 20.6 Å². The van der Waals surface area contributed by atoms with Gasteiger partial charge in [-0.3, -0.25) is 0 Å². The van der Waals surface area contributed by atoms with Crippen molar-refractivity contribution in [3.8, 4) is 11.5 Å². The van der Waals surface area contributed by atoms with Crippen LogP contribution in [0, 0.1) is 58.2 Å². The molecule has 0 aromatic heterocycles. The predicted molar refractivity (Wildman–Crippen MR) is 102 cm³/mol. The first-order valence-electron chi connectivity index (χ1n) is 9.92. The van der Waals surface area contributed by atoms with Crippen molar-refractivity contribution >= 4 is 7.12 Å². The maximum absolute atomic E-state index is 15.2. The van der Waals surface area contributed by atoms with Crippen molar-refractivity contribution < 1.29 is 79.9 Å². The van der Waals surface area contributed by atoms with E-state index in [0.29, 0.717) is 6.08 Å². The number of ether oxygens (including phenoxy) is 1. The van der Waals surface area contributed by atoms with Crippen molar-refractivity contribution in [2.45, 2.75) is 11.7 Å². The van der Waals surface area contributed by atoms with Crippen molar-refractivity contribution in [2.75, 3.05) is 6.61 Å². The molecule has 0 bridgehead atoms. The molecule has 216 valence electrons. The lowest BCUT2D eigenvalue weighted by molar-refractivity contribution is -0.0347. The van der Waals surface area contributed by atoms with Crippen LogP contribution < -0.4 is 9.31 Å². The van der Waals surface area contributed by atoms with E-state index in [4.69, 9.17) is 0 Å². The SMILES string of the molecule is C=CCOC1(B(Oc2c(F)c(F)c(F)c(F)c2F)Oc2c(F)c(F)c(F)c(F)c2F)C(F)=C(F)C(F)=C(F)C1F. The van der Waals surface area contributed by atoms with E-state index in [-0.39, 0.29) is 0 Å². The van der Waals surface area contributed by atoms with Crippen molar-refractivity contribution in [1.82, 2.24) is 0 Å². The highest BCUT2D eigenvalue weighted by Crippen LogP contribution is 2.47. The van der Waals surface area contributed by atoms with Gasteiger partial charge in [0.05, 0.1) is 6.61 Å². The molecule has 2 aromatic rings. The molecule has 0 saturated heterocycles. The summed E-state index contributed by atoms with van der Waals surface area (Å²) in [6, 6.07) is 0. The van der Waals surface area contributed by atoms with E-state index in [1.54, 1.807) is 0 Å². The number of hydrogen-bond donors (Lipinski definition) is 0. The van der Waals surface area contributed by atoms with E-state index in [1.165, 1.54) is 0 Å². The number of hydrogen-bond acceptors (Lipinski definition) is 3. The van der Waals surface area contributed by atoms with Crippen LogP contribution in [0.3, 0.4) is 0 Å². The summed E-state index contributed by atoms with van der Waals surface area (Å²) in [4.78, 5) is 0. The third kappa shape index (κ3) is 4.54. The summed E-state index contributed by atoms with van der Waals surface area (Å²) in [7, 11) is -4.01. The van der Waals surface area contributed by atoms with Gasteiger partial charge in [0, 0.05) is 0 Å². The number of allylic oxidation sites excluding steroid dienone is 2. The van der Waals surface area contributed by atoms with Gasteiger partial charge in [-0.25, -0.2) is 48.3 Å². The first kappa shape index (κ1) is 30.8. The highest BCUT2D eigenvalue weighted by molar-refractivity contribution is 6.51. The van der Waals surface area contributed by atoms with Crippen LogP contribution in [-0.4, -0.2) is 25.4 Å². The molecule has 0 spiro atoms. The molecule has 3 nitrogen and oxygen atoms in total. The van der Waals surface area contributed by atoms with Crippen molar-refractivity contribution in [2.24, 2.45) is 0 Å². The molecule has 0 saturated carbocycles. The molecule has 0 heterocycles. The number of rotatable bonds is 8. The largest absolute Gasteiger partial charge is 0.640 e. The molecule has 0 aliphatic heterocycles. The second-order valence-electron chi connectivity index (χ2n) is 7.41. The van der Waals surface area contributed by atoms with Gasteiger partial charge in [-0.15, -0.1) is 6.58 Å². The summed E-state index contributed by atoms with van der Waals surface area (Å²) in [5.74, 6) is -46.2. The summed E-state index contributed by atoms with van der Waals surface area (Å²) in [5.41, 5.74) is -4.53. The van der Waals surface area contributed by atoms with Gasteiger partial charge in [0.2, 0.25) is 63.7 Å². The Kier molecular flexibility index (Phi) is 8.47. The molecule has 2 atom stereocenters.